The van der Waals surface area contributed by atoms with Gasteiger partial charge in [-0.3, -0.25) is 4.79 Å². The monoisotopic (exact) mass is 238 g/mol. The molecule has 2 atom stereocenters. The van der Waals surface area contributed by atoms with Crippen LogP contribution in [0, 0.1) is 0 Å². The quantitative estimate of drug-likeness (QED) is 0.830. The molecular formula is C12H14O5. The Morgan fingerprint density at radius 3 is 2.59 bits per heavy atom. The van der Waals surface area contributed by atoms with Crippen molar-refractivity contribution in [3.8, 4) is 11.5 Å². The molecule has 0 radical (unpaired) electrons. The van der Waals surface area contributed by atoms with Crippen LogP contribution in [0.2, 0.25) is 0 Å². The first kappa shape index (κ1) is 11.7. The number of fused-ring (bicyclic) bond motifs is 1. The summed E-state index contributed by atoms with van der Waals surface area (Å²) in [6.45, 7) is 0. The molecule has 92 valence electrons. The summed E-state index contributed by atoms with van der Waals surface area (Å²) in [7, 11) is 2.98. The highest BCUT2D eigenvalue weighted by Gasteiger charge is 2.37. The number of aliphatic hydroxyl groups is 1. The largest absolute Gasteiger partial charge is 0.497 e. The summed E-state index contributed by atoms with van der Waals surface area (Å²) in [4.78, 5) is 11.1. The van der Waals surface area contributed by atoms with Crippen LogP contribution in [0.3, 0.4) is 0 Å². The molecule has 5 heteroatoms. The Morgan fingerprint density at radius 2 is 2.06 bits per heavy atom. The van der Waals surface area contributed by atoms with Gasteiger partial charge in [0.1, 0.15) is 11.5 Å². The van der Waals surface area contributed by atoms with E-state index in [0.717, 1.165) is 0 Å². The van der Waals surface area contributed by atoms with Crippen molar-refractivity contribution in [1.82, 2.24) is 0 Å². The minimum atomic E-state index is -0.953. The first-order valence-electron chi connectivity index (χ1n) is 5.25. The van der Waals surface area contributed by atoms with E-state index < -0.39 is 18.0 Å². The number of aliphatic carboxylic acids is 1. The lowest BCUT2D eigenvalue weighted by molar-refractivity contribution is -0.139. The standard InChI is InChI=1S/C12H14O5/c1-16-6-3-7-9(13)5-8(12(14)15)11(7)10(4-6)17-2/h3-4,8-9,13H,5H2,1-2H3,(H,14,15). The molecule has 17 heavy (non-hydrogen) atoms. The van der Waals surface area contributed by atoms with E-state index in [0.29, 0.717) is 22.6 Å². The maximum Gasteiger partial charge on any atom is 0.311 e. The van der Waals surface area contributed by atoms with Gasteiger partial charge >= 0.3 is 5.97 Å². The van der Waals surface area contributed by atoms with Gasteiger partial charge in [0.25, 0.3) is 0 Å². The van der Waals surface area contributed by atoms with E-state index in [4.69, 9.17) is 14.6 Å². The molecule has 1 aromatic carbocycles. The van der Waals surface area contributed by atoms with E-state index in [1.165, 1.54) is 14.2 Å². The third kappa shape index (κ3) is 1.82. The van der Waals surface area contributed by atoms with E-state index in [1.54, 1.807) is 12.1 Å². The number of aliphatic hydroxyl groups excluding tert-OH is 1. The van der Waals surface area contributed by atoms with Gasteiger partial charge in [-0.15, -0.1) is 0 Å². The summed E-state index contributed by atoms with van der Waals surface area (Å²) < 4.78 is 10.3. The number of benzene rings is 1. The zero-order valence-corrected chi connectivity index (χ0v) is 9.64. The molecule has 0 aliphatic heterocycles. The second-order valence-electron chi connectivity index (χ2n) is 3.97. The van der Waals surface area contributed by atoms with Crippen molar-refractivity contribution in [2.24, 2.45) is 0 Å². The minimum Gasteiger partial charge on any atom is -0.497 e. The van der Waals surface area contributed by atoms with Crippen molar-refractivity contribution in [3.05, 3.63) is 23.3 Å². The van der Waals surface area contributed by atoms with Gasteiger partial charge in [-0.25, -0.2) is 0 Å². The Kier molecular flexibility index (Phi) is 2.93. The molecule has 2 rings (SSSR count). The molecule has 0 saturated heterocycles. The predicted octanol–water partition coefficient (Wildman–Crippen LogP) is 1.31. The van der Waals surface area contributed by atoms with Gasteiger partial charge in [-0.05, 0) is 18.1 Å². The van der Waals surface area contributed by atoms with Gasteiger partial charge < -0.3 is 19.7 Å². The molecule has 1 aromatic rings. The first-order valence-corrected chi connectivity index (χ1v) is 5.25. The van der Waals surface area contributed by atoms with E-state index >= 15 is 0 Å². The van der Waals surface area contributed by atoms with Crippen LogP contribution in [-0.2, 0) is 4.79 Å². The minimum absolute atomic E-state index is 0.175. The molecule has 0 spiro atoms. The highest BCUT2D eigenvalue weighted by molar-refractivity contribution is 5.80. The smallest absolute Gasteiger partial charge is 0.311 e. The van der Waals surface area contributed by atoms with Gasteiger partial charge in [-0.1, -0.05) is 0 Å². The maximum absolute atomic E-state index is 11.1. The van der Waals surface area contributed by atoms with Crippen LogP contribution in [0.1, 0.15) is 29.6 Å². The fraction of sp³-hybridized carbons (Fsp3) is 0.417. The van der Waals surface area contributed by atoms with Gasteiger partial charge in [-0.2, -0.15) is 0 Å². The molecule has 0 bridgehead atoms. The zero-order valence-electron chi connectivity index (χ0n) is 9.64. The fourth-order valence-electron chi connectivity index (χ4n) is 2.25. The van der Waals surface area contributed by atoms with Gasteiger partial charge in [0.15, 0.2) is 0 Å². The average Bonchev–Trinajstić information content (AvgIpc) is 2.66. The molecule has 2 unspecified atom stereocenters. The third-order valence-electron chi connectivity index (χ3n) is 3.07. The normalized spacial score (nSPS) is 22.1. The van der Waals surface area contributed by atoms with Crippen LogP contribution < -0.4 is 9.47 Å². The molecule has 0 amide bonds. The Morgan fingerprint density at radius 1 is 1.35 bits per heavy atom. The summed E-state index contributed by atoms with van der Waals surface area (Å²) >= 11 is 0. The third-order valence-corrected chi connectivity index (χ3v) is 3.07. The van der Waals surface area contributed by atoms with Crippen molar-refractivity contribution >= 4 is 5.97 Å². The molecule has 1 aliphatic carbocycles. The number of methoxy groups -OCH3 is 2. The van der Waals surface area contributed by atoms with Crippen LogP contribution in [-0.4, -0.2) is 30.4 Å². The van der Waals surface area contributed by atoms with Crippen molar-refractivity contribution in [1.29, 1.82) is 0 Å². The van der Waals surface area contributed by atoms with Crippen molar-refractivity contribution in [2.45, 2.75) is 18.4 Å². The van der Waals surface area contributed by atoms with Crippen LogP contribution >= 0.6 is 0 Å². The number of hydrogen-bond acceptors (Lipinski definition) is 4. The summed E-state index contributed by atoms with van der Waals surface area (Å²) in [6, 6.07) is 3.29. The molecule has 0 fully saturated rings. The average molecular weight is 238 g/mol. The number of carboxylic acid groups (broad SMARTS) is 1. The SMILES string of the molecule is COc1cc(OC)c2c(c1)C(O)CC2C(=O)O. The van der Waals surface area contributed by atoms with Crippen molar-refractivity contribution in [2.75, 3.05) is 14.2 Å². The van der Waals surface area contributed by atoms with Crippen molar-refractivity contribution in [3.63, 3.8) is 0 Å². The number of ether oxygens (including phenoxy) is 2. The van der Waals surface area contributed by atoms with Crippen LogP contribution in [0.5, 0.6) is 11.5 Å². The molecule has 2 N–H and O–H groups in total. The second kappa shape index (κ2) is 4.25. The highest BCUT2D eigenvalue weighted by Crippen LogP contribution is 2.47. The van der Waals surface area contributed by atoms with Gasteiger partial charge in [0.05, 0.1) is 26.2 Å². The lowest BCUT2D eigenvalue weighted by Gasteiger charge is -2.13. The lowest BCUT2D eigenvalue weighted by atomic mass is 10.0. The van der Waals surface area contributed by atoms with E-state index in [2.05, 4.69) is 0 Å². The number of hydrogen-bond donors (Lipinski definition) is 2. The molecule has 5 nitrogen and oxygen atoms in total. The zero-order chi connectivity index (χ0) is 12.6. The Labute approximate surface area is 98.6 Å². The first-order chi connectivity index (χ1) is 8.08. The Bertz CT molecular complexity index is 454. The second-order valence-corrected chi connectivity index (χ2v) is 3.97. The predicted molar refractivity (Wildman–Crippen MR) is 59.5 cm³/mol. The molecule has 0 saturated carbocycles. The molecule has 1 aliphatic rings. The van der Waals surface area contributed by atoms with Gasteiger partial charge in [0, 0.05) is 11.6 Å². The number of carboxylic acids is 1. The van der Waals surface area contributed by atoms with E-state index in [-0.39, 0.29) is 6.42 Å². The van der Waals surface area contributed by atoms with Crippen molar-refractivity contribution < 1.29 is 24.5 Å². The summed E-state index contributed by atoms with van der Waals surface area (Å²) in [5.41, 5.74) is 1.13. The number of rotatable bonds is 3. The summed E-state index contributed by atoms with van der Waals surface area (Å²) in [6.07, 6.45) is -0.608. The van der Waals surface area contributed by atoms with Crippen LogP contribution in [0.25, 0.3) is 0 Å². The Hall–Kier alpha value is -1.75. The molecule has 0 heterocycles. The summed E-state index contributed by atoms with van der Waals surface area (Å²) in [5, 5.41) is 19.0. The highest BCUT2D eigenvalue weighted by atomic mass is 16.5. The maximum atomic E-state index is 11.1. The van der Waals surface area contributed by atoms with Gasteiger partial charge in [0.2, 0.25) is 0 Å². The lowest BCUT2D eigenvalue weighted by Crippen LogP contribution is -2.09. The van der Waals surface area contributed by atoms with Crippen LogP contribution in [0.15, 0.2) is 12.1 Å². The fourth-order valence-corrected chi connectivity index (χ4v) is 2.25. The molecular weight excluding hydrogens is 224 g/mol. The number of carbonyl (C=O) groups is 1. The summed E-state index contributed by atoms with van der Waals surface area (Å²) in [5.74, 6) is -0.680. The van der Waals surface area contributed by atoms with E-state index in [9.17, 15) is 9.90 Å². The molecule has 0 aromatic heterocycles. The van der Waals surface area contributed by atoms with E-state index in [1.807, 2.05) is 0 Å². The van der Waals surface area contributed by atoms with Crippen LogP contribution in [0.4, 0.5) is 0 Å². The Balaban J connectivity index is 2.59. The topological polar surface area (TPSA) is 76.0 Å².